The predicted octanol–water partition coefficient (Wildman–Crippen LogP) is 4.27. The third-order valence-corrected chi connectivity index (χ3v) is 6.62. The van der Waals surface area contributed by atoms with Crippen LogP contribution in [0.15, 0.2) is 17.0 Å². The molecule has 0 aliphatic heterocycles. The van der Waals surface area contributed by atoms with Crippen molar-refractivity contribution in [2.75, 3.05) is 0 Å². The molecular weight excluding hydrogens is 439 g/mol. The molecule has 1 rings (SSSR count). The van der Waals surface area contributed by atoms with Gasteiger partial charge in [-0.25, -0.2) is 0 Å². The minimum atomic E-state index is -4.53. The van der Waals surface area contributed by atoms with Crippen LogP contribution in [0.4, 0.5) is 0 Å². The smallest absolute Gasteiger partial charge is 1.00 e. The van der Waals surface area contributed by atoms with Crippen molar-refractivity contribution < 1.29 is 76.0 Å². The van der Waals surface area contributed by atoms with Crippen LogP contribution in [0.2, 0.25) is 0 Å². The van der Waals surface area contributed by atoms with E-state index >= 15 is 0 Å². The number of phenols is 2. The van der Waals surface area contributed by atoms with Crippen LogP contribution in [0, 0.1) is 0 Å². The van der Waals surface area contributed by atoms with Crippen LogP contribution < -0.4 is 51.4 Å². The average molecular weight is 483 g/mol. The van der Waals surface area contributed by atoms with Crippen LogP contribution in [-0.4, -0.2) is 23.2 Å². The second-order valence-corrected chi connectivity index (χ2v) is 9.87. The number of hydrogen-bond acceptors (Lipinski definition) is 4. The van der Waals surface area contributed by atoms with Crippen LogP contribution in [0.3, 0.4) is 0 Å². The predicted molar refractivity (Wildman–Crippen MR) is 124 cm³/mol. The van der Waals surface area contributed by atoms with Gasteiger partial charge in [-0.05, 0) is 24.5 Å². The molecule has 31 heavy (non-hydrogen) atoms. The number of rotatable bonds is 18. The Morgan fingerprint density at radius 2 is 1.06 bits per heavy atom. The molecule has 7 heteroatoms. The zero-order chi connectivity index (χ0) is 22.2. The van der Waals surface area contributed by atoms with Crippen LogP contribution >= 0.6 is 0 Å². The van der Waals surface area contributed by atoms with Gasteiger partial charge in [0.25, 0.3) is 10.1 Å². The molecule has 176 valence electrons. The van der Waals surface area contributed by atoms with Crippen molar-refractivity contribution in [2.45, 2.75) is 121 Å². The van der Waals surface area contributed by atoms with E-state index in [-0.39, 0.29) is 58.6 Å². The Balaban J connectivity index is 0. The Labute approximate surface area is 234 Å². The molecule has 0 heterocycles. The summed E-state index contributed by atoms with van der Waals surface area (Å²) in [5.41, 5.74) is 0.505. The minimum absolute atomic E-state index is 0. The number of benzene rings is 1. The summed E-state index contributed by atoms with van der Waals surface area (Å²) in [6, 6.07) is 2.14. The van der Waals surface area contributed by atoms with Crippen molar-refractivity contribution in [1.82, 2.24) is 0 Å². The molecule has 0 unspecified atom stereocenters. The van der Waals surface area contributed by atoms with E-state index < -0.39 is 20.8 Å². The molecule has 5 nitrogen and oxygen atoms in total. The first-order chi connectivity index (χ1) is 14.4. The Morgan fingerprint density at radius 3 is 1.45 bits per heavy atom. The molecule has 0 fully saturated rings. The number of hydrogen-bond donors (Lipinski definition) is 3. The summed E-state index contributed by atoms with van der Waals surface area (Å²) in [5, 5.41) is 19.7. The second kappa shape index (κ2) is 18.8. The summed E-state index contributed by atoms with van der Waals surface area (Å²) >= 11 is 0. The molecule has 0 amide bonds. The summed E-state index contributed by atoms with van der Waals surface area (Å²) in [6.07, 6.45) is 21.2. The van der Waals surface area contributed by atoms with Gasteiger partial charge in [-0.2, -0.15) is 8.42 Å². The van der Waals surface area contributed by atoms with Gasteiger partial charge >= 0.3 is 51.4 Å². The van der Waals surface area contributed by atoms with Crippen molar-refractivity contribution in [3.8, 4) is 11.5 Å². The molecular formula is C24H43KO5S. The number of aromatic hydroxyl groups is 2. The van der Waals surface area contributed by atoms with Crippen molar-refractivity contribution >= 4 is 10.1 Å². The van der Waals surface area contributed by atoms with E-state index in [9.17, 15) is 18.6 Å². The molecule has 0 aliphatic carbocycles. The first-order valence-electron chi connectivity index (χ1n) is 11.9. The monoisotopic (exact) mass is 482 g/mol. The zero-order valence-corrected chi connectivity index (χ0v) is 23.7. The van der Waals surface area contributed by atoms with Gasteiger partial charge in [0.15, 0.2) is 0 Å². The molecule has 1 aromatic carbocycles. The average Bonchev–Trinajstić information content (AvgIpc) is 2.69. The van der Waals surface area contributed by atoms with E-state index in [0.29, 0.717) is 12.0 Å². The second-order valence-electron chi connectivity index (χ2n) is 8.48. The van der Waals surface area contributed by atoms with E-state index in [2.05, 4.69) is 6.92 Å². The molecule has 0 aliphatic rings. The first kappa shape index (κ1) is 31.4. The Kier molecular flexibility index (Phi) is 19.0. The first-order valence-corrected chi connectivity index (χ1v) is 13.3. The summed E-state index contributed by atoms with van der Waals surface area (Å²) in [5.74, 6) is -0.733. The van der Waals surface area contributed by atoms with Gasteiger partial charge in [0, 0.05) is 6.07 Å². The molecule has 0 bridgehead atoms. The summed E-state index contributed by atoms with van der Waals surface area (Å²) in [4.78, 5) is -0.657. The van der Waals surface area contributed by atoms with Gasteiger partial charge in [0.2, 0.25) is 0 Å². The molecule has 1 aromatic rings. The molecule has 0 radical (unpaired) electrons. The summed E-state index contributed by atoms with van der Waals surface area (Å²) in [7, 11) is -4.53. The van der Waals surface area contributed by atoms with Crippen LogP contribution in [-0.2, 0) is 16.5 Å². The fourth-order valence-corrected chi connectivity index (χ4v) is 4.46. The SMILES string of the molecule is CCCCCCCCCCCCCCCCCCc1cc(O)c(S(=O)(=O)O)cc1O.[H-].[K+]. The zero-order valence-electron chi connectivity index (χ0n) is 20.7. The normalized spacial score (nSPS) is 11.4. The van der Waals surface area contributed by atoms with E-state index in [1.807, 2.05) is 0 Å². The van der Waals surface area contributed by atoms with E-state index in [1.54, 1.807) is 0 Å². The molecule has 3 N–H and O–H groups in total. The largest absolute Gasteiger partial charge is 1.00 e. The van der Waals surface area contributed by atoms with Crippen molar-refractivity contribution in [2.24, 2.45) is 0 Å². The number of aryl methyl sites for hydroxylation is 1. The molecule has 0 atom stereocenters. The third kappa shape index (κ3) is 15.0. The van der Waals surface area contributed by atoms with Crippen molar-refractivity contribution in [3.63, 3.8) is 0 Å². The topological polar surface area (TPSA) is 94.8 Å². The van der Waals surface area contributed by atoms with E-state index in [1.165, 1.54) is 89.5 Å². The van der Waals surface area contributed by atoms with Gasteiger partial charge in [0.1, 0.15) is 16.4 Å². The van der Waals surface area contributed by atoms with Gasteiger partial charge in [-0.15, -0.1) is 0 Å². The Bertz CT molecular complexity index is 698. The number of unbranched alkanes of at least 4 members (excludes halogenated alkanes) is 15. The van der Waals surface area contributed by atoms with E-state index in [0.717, 1.165) is 25.3 Å². The number of phenolic OH excluding ortho intramolecular Hbond substituents is 2. The Hall–Kier alpha value is 0.366. The van der Waals surface area contributed by atoms with Crippen molar-refractivity contribution in [3.05, 3.63) is 17.7 Å². The molecule has 0 spiro atoms. The molecule has 0 saturated heterocycles. The fraction of sp³-hybridized carbons (Fsp3) is 0.750. The maximum absolute atomic E-state index is 11.1. The van der Waals surface area contributed by atoms with Crippen molar-refractivity contribution in [1.29, 1.82) is 0 Å². The third-order valence-electron chi connectivity index (χ3n) is 5.74. The van der Waals surface area contributed by atoms with Crippen LogP contribution in [0.25, 0.3) is 0 Å². The van der Waals surface area contributed by atoms with Gasteiger partial charge in [0.05, 0.1) is 0 Å². The summed E-state index contributed by atoms with van der Waals surface area (Å²) < 4.78 is 31.2. The maximum atomic E-state index is 11.1. The quantitative estimate of drug-likeness (QED) is 0.126. The Morgan fingerprint density at radius 1 is 0.677 bits per heavy atom. The molecule has 0 aromatic heterocycles. The summed E-state index contributed by atoms with van der Waals surface area (Å²) in [6.45, 7) is 2.26. The minimum Gasteiger partial charge on any atom is -1.00 e. The standard InChI is InChI=1S/C24H42O5S.K.H/c1-2-3-4-5-6-7-8-9-10-11-12-13-14-15-16-17-18-21-19-23(26)24(20-22(21)25)30(27,28)29;;/h19-20,25-26H,2-18H2,1H3,(H,27,28,29);;/q;+1;-1. The van der Waals surface area contributed by atoms with Gasteiger partial charge in [-0.3, -0.25) is 4.55 Å². The molecule has 0 saturated carbocycles. The van der Waals surface area contributed by atoms with E-state index in [4.69, 9.17) is 4.55 Å². The van der Waals surface area contributed by atoms with Crippen LogP contribution in [0.5, 0.6) is 11.5 Å². The van der Waals surface area contributed by atoms with Gasteiger partial charge < -0.3 is 11.6 Å². The fourth-order valence-electron chi connectivity index (χ4n) is 3.87. The van der Waals surface area contributed by atoms with Gasteiger partial charge in [-0.1, -0.05) is 103 Å². The van der Waals surface area contributed by atoms with Crippen LogP contribution in [0.1, 0.15) is 117 Å². The maximum Gasteiger partial charge on any atom is 1.00 e.